The monoisotopic (exact) mass is 278 g/mol. The van der Waals surface area contributed by atoms with Crippen molar-refractivity contribution in [1.29, 1.82) is 0 Å². The van der Waals surface area contributed by atoms with Crippen LogP contribution in [0.1, 0.15) is 44.2 Å². The Balaban J connectivity index is 1.88. The van der Waals surface area contributed by atoms with Gasteiger partial charge in [0.1, 0.15) is 6.10 Å². The molecular weight excluding hydrogens is 252 g/mol. The van der Waals surface area contributed by atoms with Gasteiger partial charge in [-0.15, -0.1) is 0 Å². The van der Waals surface area contributed by atoms with Gasteiger partial charge in [-0.2, -0.15) is 0 Å². The molecule has 0 amide bonds. The van der Waals surface area contributed by atoms with Crippen molar-refractivity contribution >= 4 is 0 Å². The van der Waals surface area contributed by atoms with Crippen LogP contribution in [-0.2, 0) is 11.3 Å². The van der Waals surface area contributed by atoms with Crippen LogP contribution < -0.4 is 5.32 Å². The van der Waals surface area contributed by atoms with Crippen LogP contribution in [0.3, 0.4) is 0 Å². The minimum atomic E-state index is 0.0213. The zero-order valence-corrected chi connectivity index (χ0v) is 12.6. The van der Waals surface area contributed by atoms with E-state index in [-0.39, 0.29) is 6.10 Å². The summed E-state index contributed by atoms with van der Waals surface area (Å²) >= 11 is 0. The van der Waals surface area contributed by atoms with Crippen molar-refractivity contribution in [3.05, 3.63) is 23.8 Å². The van der Waals surface area contributed by atoms with Crippen LogP contribution in [0.2, 0.25) is 0 Å². The highest BCUT2D eigenvalue weighted by molar-refractivity contribution is 5.06. The van der Waals surface area contributed by atoms with Gasteiger partial charge in [0.05, 0.1) is 6.61 Å². The fourth-order valence-corrected chi connectivity index (χ4v) is 2.41. The Morgan fingerprint density at radius 3 is 2.80 bits per heavy atom. The summed E-state index contributed by atoms with van der Waals surface area (Å²) in [5.74, 6) is 0.810. The van der Waals surface area contributed by atoms with Crippen LogP contribution in [0.25, 0.3) is 0 Å². The predicted octanol–water partition coefficient (Wildman–Crippen LogP) is 1.76. The molecule has 1 atom stereocenters. The summed E-state index contributed by atoms with van der Waals surface area (Å²) in [6, 6.07) is 0. The second-order valence-electron chi connectivity index (χ2n) is 5.29. The molecule has 1 N–H and O–H groups in total. The summed E-state index contributed by atoms with van der Waals surface area (Å²) < 4.78 is 5.80. The molecule has 1 aliphatic rings. The second-order valence-corrected chi connectivity index (χ2v) is 5.29. The lowest BCUT2D eigenvalue weighted by atomic mass is 10.2. The molecule has 0 aromatic carbocycles. The van der Waals surface area contributed by atoms with Gasteiger partial charge in [-0.25, -0.2) is 9.97 Å². The SMILES string of the molecule is CCCNCc1cnc(C2CN(CCC)CCO2)nc1. The molecule has 5 heteroatoms. The van der Waals surface area contributed by atoms with Crippen LogP contribution >= 0.6 is 0 Å². The first-order valence-corrected chi connectivity index (χ1v) is 7.69. The topological polar surface area (TPSA) is 50.3 Å². The minimum absolute atomic E-state index is 0.0213. The van der Waals surface area contributed by atoms with Gasteiger partial charge in [0.25, 0.3) is 0 Å². The van der Waals surface area contributed by atoms with E-state index in [4.69, 9.17) is 4.74 Å². The Morgan fingerprint density at radius 1 is 1.30 bits per heavy atom. The van der Waals surface area contributed by atoms with E-state index in [9.17, 15) is 0 Å². The fourth-order valence-electron chi connectivity index (χ4n) is 2.41. The van der Waals surface area contributed by atoms with Crippen molar-refractivity contribution in [2.24, 2.45) is 0 Å². The molecule has 20 heavy (non-hydrogen) atoms. The van der Waals surface area contributed by atoms with E-state index in [1.54, 1.807) is 0 Å². The average molecular weight is 278 g/mol. The fraction of sp³-hybridized carbons (Fsp3) is 0.733. The summed E-state index contributed by atoms with van der Waals surface area (Å²) in [6.07, 6.45) is 6.16. The lowest BCUT2D eigenvalue weighted by Crippen LogP contribution is -2.39. The third kappa shape index (κ3) is 4.51. The van der Waals surface area contributed by atoms with Crippen molar-refractivity contribution in [2.75, 3.05) is 32.8 Å². The van der Waals surface area contributed by atoms with Crippen molar-refractivity contribution in [3.63, 3.8) is 0 Å². The average Bonchev–Trinajstić information content (AvgIpc) is 2.49. The molecule has 112 valence electrons. The van der Waals surface area contributed by atoms with Gasteiger partial charge >= 0.3 is 0 Å². The molecule has 0 spiro atoms. The molecule has 1 aromatic heterocycles. The number of ether oxygens (including phenoxy) is 1. The van der Waals surface area contributed by atoms with E-state index in [0.29, 0.717) is 0 Å². The molecule has 1 aromatic rings. The largest absolute Gasteiger partial charge is 0.368 e. The number of hydrogen-bond acceptors (Lipinski definition) is 5. The molecule has 2 heterocycles. The minimum Gasteiger partial charge on any atom is -0.368 e. The molecule has 0 saturated carbocycles. The van der Waals surface area contributed by atoms with Gasteiger partial charge < -0.3 is 10.1 Å². The van der Waals surface area contributed by atoms with Gasteiger partial charge in [0.15, 0.2) is 5.82 Å². The molecule has 1 unspecified atom stereocenters. The second kappa shape index (κ2) is 8.29. The van der Waals surface area contributed by atoms with Crippen molar-refractivity contribution in [3.8, 4) is 0 Å². The highest BCUT2D eigenvalue weighted by atomic mass is 16.5. The van der Waals surface area contributed by atoms with Crippen LogP contribution in [0.5, 0.6) is 0 Å². The highest BCUT2D eigenvalue weighted by Crippen LogP contribution is 2.18. The Kier molecular flexibility index (Phi) is 6.36. The molecule has 1 fully saturated rings. The highest BCUT2D eigenvalue weighted by Gasteiger charge is 2.23. The normalized spacial score (nSPS) is 20.2. The predicted molar refractivity (Wildman–Crippen MR) is 79.5 cm³/mol. The van der Waals surface area contributed by atoms with E-state index in [2.05, 4.69) is 34.0 Å². The van der Waals surface area contributed by atoms with E-state index in [1.807, 2.05) is 12.4 Å². The zero-order valence-electron chi connectivity index (χ0n) is 12.6. The first-order valence-electron chi connectivity index (χ1n) is 7.69. The molecule has 2 rings (SSSR count). The van der Waals surface area contributed by atoms with E-state index >= 15 is 0 Å². The molecular formula is C15H26N4O. The number of aromatic nitrogens is 2. The van der Waals surface area contributed by atoms with E-state index in [0.717, 1.165) is 57.1 Å². The number of rotatable bonds is 7. The lowest BCUT2D eigenvalue weighted by Gasteiger charge is -2.31. The maximum Gasteiger partial charge on any atom is 0.158 e. The quantitative estimate of drug-likeness (QED) is 0.770. The Labute approximate surface area is 121 Å². The molecule has 5 nitrogen and oxygen atoms in total. The van der Waals surface area contributed by atoms with Gasteiger partial charge in [0, 0.05) is 37.6 Å². The summed E-state index contributed by atoms with van der Waals surface area (Å²) in [4.78, 5) is 11.4. The number of nitrogens with zero attached hydrogens (tertiary/aromatic N) is 3. The lowest BCUT2D eigenvalue weighted by molar-refractivity contribution is -0.0342. The molecule has 1 saturated heterocycles. The third-order valence-electron chi connectivity index (χ3n) is 3.46. The molecule has 0 aliphatic carbocycles. The maximum atomic E-state index is 5.80. The van der Waals surface area contributed by atoms with Crippen LogP contribution in [0, 0.1) is 0 Å². The Morgan fingerprint density at radius 2 is 2.10 bits per heavy atom. The number of nitrogens with one attached hydrogen (secondary N) is 1. The molecule has 1 aliphatic heterocycles. The van der Waals surface area contributed by atoms with Crippen LogP contribution in [0.15, 0.2) is 12.4 Å². The molecule has 0 radical (unpaired) electrons. The van der Waals surface area contributed by atoms with Crippen LogP contribution in [0.4, 0.5) is 0 Å². The van der Waals surface area contributed by atoms with Crippen molar-refractivity contribution < 1.29 is 4.74 Å². The standard InChI is InChI=1S/C15H26N4O/c1-3-5-16-9-13-10-17-15(18-11-13)14-12-19(6-4-2)7-8-20-14/h10-11,14,16H,3-9,12H2,1-2H3. The number of morpholine rings is 1. The van der Waals surface area contributed by atoms with Crippen molar-refractivity contribution in [1.82, 2.24) is 20.2 Å². The van der Waals surface area contributed by atoms with Gasteiger partial charge in [-0.1, -0.05) is 13.8 Å². The zero-order chi connectivity index (χ0) is 14.2. The first-order chi connectivity index (χ1) is 9.83. The smallest absolute Gasteiger partial charge is 0.158 e. The van der Waals surface area contributed by atoms with E-state index < -0.39 is 0 Å². The van der Waals surface area contributed by atoms with E-state index in [1.165, 1.54) is 6.42 Å². The van der Waals surface area contributed by atoms with Gasteiger partial charge in [-0.3, -0.25) is 4.90 Å². The summed E-state index contributed by atoms with van der Waals surface area (Å²) in [5.41, 5.74) is 1.13. The summed E-state index contributed by atoms with van der Waals surface area (Å²) in [6.45, 7) is 10.0. The number of hydrogen-bond donors (Lipinski definition) is 1. The summed E-state index contributed by atoms with van der Waals surface area (Å²) in [7, 11) is 0. The maximum absolute atomic E-state index is 5.80. The van der Waals surface area contributed by atoms with Crippen LogP contribution in [-0.4, -0.2) is 47.7 Å². The van der Waals surface area contributed by atoms with Crippen molar-refractivity contribution in [2.45, 2.75) is 39.3 Å². The molecule has 0 bridgehead atoms. The first kappa shape index (κ1) is 15.4. The van der Waals surface area contributed by atoms with Gasteiger partial charge in [-0.05, 0) is 25.9 Å². The third-order valence-corrected chi connectivity index (χ3v) is 3.46. The van der Waals surface area contributed by atoms with Gasteiger partial charge in [0.2, 0.25) is 0 Å². The Bertz CT molecular complexity index is 380. The Hall–Kier alpha value is -1.04. The summed E-state index contributed by atoms with van der Waals surface area (Å²) in [5, 5.41) is 3.35.